The van der Waals surface area contributed by atoms with Crippen LogP contribution in [0.3, 0.4) is 0 Å². The molecule has 0 radical (unpaired) electrons. The minimum atomic E-state index is 0.727. The van der Waals surface area contributed by atoms with Crippen LogP contribution in [0.5, 0.6) is 0 Å². The second kappa shape index (κ2) is 4.77. The van der Waals surface area contributed by atoms with Crippen molar-refractivity contribution in [1.82, 2.24) is 20.1 Å². The summed E-state index contributed by atoms with van der Waals surface area (Å²) in [4.78, 5) is 4.10. The summed E-state index contributed by atoms with van der Waals surface area (Å²) >= 11 is 0. The van der Waals surface area contributed by atoms with E-state index in [0.717, 1.165) is 18.9 Å². The van der Waals surface area contributed by atoms with E-state index in [1.807, 2.05) is 7.05 Å². The summed E-state index contributed by atoms with van der Waals surface area (Å²) in [7, 11) is 1.87. The number of nitrogens with zero attached hydrogens (tertiary/aromatic N) is 3. The van der Waals surface area contributed by atoms with E-state index in [0.29, 0.717) is 0 Å². The van der Waals surface area contributed by atoms with Gasteiger partial charge in [0.25, 0.3) is 0 Å². The Kier molecular flexibility index (Phi) is 3.64. The maximum atomic E-state index is 4.15. The fourth-order valence-corrected chi connectivity index (χ4v) is 0.925. The molecular formula is C9H16N4. The van der Waals surface area contributed by atoms with Gasteiger partial charge in [0, 0.05) is 13.6 Å². The molecule has 0 atom stereocenters. The van der Waals surface area contributed by atoms with Crippen LogP contribution < -0.4 is 5.32 Å². The Morgan fingerprint density at radius 3 is 2.92 bits per heavy atom. The van der Waals surface area contributed by atoms with Crippen molar-refractivity contribution >= 4 is 0 Å². The van der Waals surface area contributed by atoms with Crippen molar-refractivity contribution in [3.05, 3.63) is 23.8 Å². The Balaban J connectivity index is 2.24. The van der Waals surface area contributed by atoms with Crippen LogP contribution in [-0.2, 0) is 13.6 Å². The van der Waals surface area contributed by atoms with Crippen LogP contribution in [0.15, 0.2) is 18.0 Å². The normalized spacial score (nSPS) is 10.1. The molecule has 1 aromatic rings. The third kappa shape index (κ3) is 3.85. The summed E-state index contributed by atoms with van der Waals surface area (Å²) in [5, 5.41) is 7.38. The average molecular weight is 180 g/mol. The van der Waals surface area contributed by atoms with Crippen LogP contribution in [0.4, 0.5) is 0 Å². The summed E-state index contributed by atoms with van der Waals surface area (Å²) in [6.45, 7) is 5.77. The van der Waals surface area contributed by atoms with Crippen LogP contribution in [-0.4, -0.2) is 21.3 Å². The molecule has 72 valence electrons. The zero-order valence-electron chi connectivity index (χ0n) is 8.41. The molecule has 0 saturated heterocycles. The van der Waals surface area contributed by atoms with E-state index in [9.17, 15) is 0 Å². The van der Waals surface area contributed by atoms with Gasteiger partial charge in [0.15, 0.2) is 5.82 Å². The summed E-state index contributed by atoms with van der Waals surface area (Å²) in [6, 6.07) is 0. The molecule has 0 fully saturated rings. The van der Waals surface area contributed by atoms with Gasteiger partial charge in [-0.05, 0) is 13.8 Å². The number of hydrogen-bond acceptors (Lipinski definition) is 3. The lowest BCUT2D eigenvalue weighted by Gasteiger charge is -1.96. The second-order valence-corrected chi connectivity index (χ2v) is 3.25. The predicted molar refractivity (Wildman–Crippen MR) is 52.1 cm³/mol. The van der Waals surface area contributed by atoms with Crippen molar-refractivity contribution in [2.75, 3.05) is 6.54 Å². The zero-order chi connectivity index (χ0) is 9.68. The summed E-state index contributed by atoms with van der Waals surface area (Å²) < 4.78 is 1.71. The molecule has 4 nitrogen and oxygen atoms in total. The maximum Gasteiger partial charge on any atom is 0.164 e. The minimum absolute atomic E-state index is 0.727. The van der Waals surface area contributed by atoms with Crippen molar-refractivity contribution in [2.24, 2.45) is 7.05 Å². The lowest BCUT2D eigenvalue weighted by molar-refractivity contribution is 0.686. The molecule has 1 heterocycles. The molecular weight excluding hydrogens is 164 g/mol. The Hall–Kier alpha value is -1.16. The van der Waals surface area contributed by atoms with E-state index in [4.69, 9.17) is 0 Å². The summed E-state index contributed by atoms with van der Waals surface area (Å²) in [5.41, 5.74) is 1.32. The van der Waals surface area contributed by atoms with Gasteiger partial charge in [-0.25, -0.2) is 4.98 Å². The van der Waals surface area contributed by atoms with Crippen LogP contribution in [0.25, 0.3) is 0 Å². The molecule has 1 N–H and O–H groups in total. The summed E-state index contributed by atoms with van der Waals surface area (Å²) in [6.07, 6.45) is 3.85. The third-order valence-electron chi connectivity index (χ3n) is 1.58. The Labute approximate surface area is 78.7 Å². The van der Waals surface area contributed by atoms with Crippen LogP contribution >= 0.6 is 0 Å². The van der Waals surface area contributed by atoms with E-state index in [1.165, 1.54) is 5.57 Å². The van der Waals surface area contributed by atoms with Gasteiger partial charge in [0.1, 0.15) is 6.33 Å². The first-order valence-electron chi connectivity index (χ1n) is 4.37. The van der Waals surface area contributed by atoms with Crippen molar-refractivity contribution in [3.8, 4) is 0 Å². The fourth-order valence-electron chi connectivity index (χ4n) is 0.925. The SMILES string of the molecule is CC(C)=CCNCc1ncn(C)n1. The number of allylic oxidation sites excluding steroid dienone is 1. The molecule has 0 amide bonds. The number of hydrogen-bond donors (Lipinski definition) is 1. The molecule has 0 aromatic carbocycles. The van der Waals surface area contributed by atoms with E-state index >= 15 is 0 Å². The Morgan fingerprint density at radius 2 is 2.38 bits per heavy atom. The molecule has 0 aliphatic heterocycles. The van der Waals surface area contributed by atoms with Gasteiger partial charge in [0.05, 0.1) is 6.54 Å². The van der Waals surface area contributed by atoms with Crippen LogP contribution in [0, 0.1) is 0 Å². The highest BCUT2D eigenvalue weighted by atomic mass is 15.3. The average Bonchev–Trinajstić information content (AvgIpc) is 2.45. The molecule has 13 heavy (non-hydrogen) atoms. The highest BCUT2D eigenvalue weighted by Gasteiger charge is 1.95. The molecule has 1 aromatic heterocycles. The van der Waals surface area contributed by atoms with Crippen molar-refractivity contribution in [3.63, 3.8) is 0 Å². The first-order chi connectivity index (χ1) is 6.18. The highest BCUT2D eigenvalue weighted by Crippen LogP contribution is 1.88. The van der Waals surface area contributed by atoms with Crippen molar-refractivity contribution in [2.45, 2.75) is 20.4 Å². The first-order valence-corrected chi connectivity index (χ1v) is 4.37. The number of nitrogens with one attached hydrogen (secondary N) is 1. The zero-order valence-corrected chi connectivity index (χ0v) is 8.41. The van der Waals surface area contributed by atoms with Gasteiger partial charge in [-0.1, -0.05) is 11.6 Å². The van der Waals surface area contributed by atoms with E-state index < -0.39 is 0 Å². The lowest BCUT2D eigenvalue weighted by atomic mass is 10.3. The van der Waals surface area contributed by atoms with Gasteiger partial charge in [-0.3, -0.25) is 4.68 Å². The smallest absolute Gasteiger partial charge is 0.164 e. The second-order valence-electron chi connectivity index (χ2n) is 3.25. The largest absolute Gasteiger partial charge is 0.306 e. The van der Waals surface area contributed by atoms with Crippen LogP contribution in [0.1, 0.15) is 19.7 Å². The molecule has 4 heteroatoms. The first kappa shape index (κ1) is 9.92. The Morgan fingerprint density at radius 1 is 1.62 bits per heavy atom. The van der Waals surface area contributed by atoms with Gasteiger partial charge in [0.2, 0.25) is 0 Å². The van der Waals surface area contributed by atoms with Gasteiger partial charge < -0.3 is 5.32 Å². The quantitative estimate of drug-likeness (QED) is 0.552. The fraction of sp³-hybridized carbons (Fsp3) is 0.556. The molecule has 0 bridgehead atoms. The molecule has 0 saturated carbocycles. The summed E-state index contributed by atoms with van der Waals surface area (Å²) in [5.74, 6) is 0.838. The molecule has 0 spiro atoms. The maximum absolute atomic E-state index is 4.15. The standard InChI is InChI=1S/C9H16N4/c1-8(2)4-5-10-6-9-11-7-13(3)12-9/h4,7,10H,5-6H2,1-3H3. The minimum Gasteiger partial charge on any atom is -0.306 e. The lowest BCUT2D eigenvalue weighted by Crippen LogP contribution is -2.14. The number of rotatable bonds is 4. The number of aromatic nitrogens is 3. The Bertz CT molecular complexity index is 284. The van der Waals surface area contributed by atoms with Crippen LogP contribution in [0.2, 0.25) is 0 Å². The molecule has 1 rings (SSSR count). The molecule has 0 aliphatic carbocycles. The van der Waals surface area contributed by atoms with Crippen molar-refractivity contribution in [1.29, 1.82) is 0 Å². The van der Waals surface area contributed by atoms with Gasteiger partial charge in [-0.2, -0.15) is 5.10 Å². The molecule has 0 aliphatic rings. The van der Waals surface area contributed by atoms with E-state index in [1.54, 1.807) is 11.0 Å². The van der Waals surface area contributed by atoms with E-state index in [-0.39, 0.29) is 0 Å². The highest BCUT2D eigenvalue weighted by molar-refractivity contribution is 4.94. The monoisotopic (exact) mass is 180 g/mol. The van der Waals surface area contributed by atoms with Gasteiger partial charge in [-0.15, -0.1) is 0 Å². The van der Waals surface area contributed by atoms with E-state index in [2.05, 4.69) is 35.3 Å². The third-order valence-corrected chi connectivity index (χ3v) is 1.58. The van der Waals surface area contributed by atoms with Crippen molar-refractivity contribution < 1.29 is 0 Å². The predicted octanol–water partition coefficient (Wildman–Crippen LogP) is 0.871. The number of aryl methyl sites for hydroxylation is 1. The van der Waals surface area contributed by atoms with Gasteiger partial charge >= 0.3 is 0 Å². The topological polar surface area (TPSA) is 42.7 Å². The molecule has 0 unspecified atom stereocenters.